The first kappa shape index (κ1) is 18.4. The smallest absolute Gasteiger partial charge is 0.440 e. The van der Waals surface area contributed by atoms with E-state index in [0.29, 0.717) is 0 Å². The molecule has 9 heteroatoms. The monoisotopic (exact) mass is 333 g/mol. The quantitative estimate of drug-likeness (QED) is 0.740. The van der Waals surface area contributed by atoms with Gasteiger partial charge in [0.15, 0.2) is 11.2 Å². The van der Waals surface area contributed by atoms with Gasteiger partial charge in [-0.05, 0) is 13.8 Å². The largest absolute Gasteiger partial charge is 0.521 e. The summed E-state index contributed by atoms with van der Waals surface area (Å²) < 4.78 is 4.06. The Morgan fingerprint density at radius 3 is 2.45 bits per heavy atom. The molecule has 0 aromatic heterocycles. The van der Waals surface area contributed by atoms with Crippen LogP contribution in [0.25, 0.3) is 0 Å². The van der Waals surface area contributed by atoms with E-state index in [9.17, 15) is 24.3 Å². The molecule has 4 atom stereocenters. The number of quaternary nitrogens is 1. The number of likely N-dealkylation sites (tertiary alicyclic amines) is 1. The lowest BCUT2D eigenvalue weighted by Crippen LogP contribution is -2.61. The topological polar surface area (TPSA) is 124 Å². The van der Waals surface area contributed by atoms with Crippen LogP contribution in [-0.2, 0) is 14.3 Å². The van der Waals surface area contributed by atoms with Gasteiger partial charge in [-0.2, -0.15) is 9.28 Å². The van der Waals surface area contributed by atoms with Crippen molar-refractivity contribution in [2.24, 2.45) is 11.7 Å². The lowest BCUT2D eigenvalue weighted by atomic mass is 10.1. The summed E-state index contributed by atoms with van der Waals surface area (Å²) in [6, 6.07) is -0.542. The number of nitrogens with two attached hydrogens (primary N) is 1. The summed E-state index contributed by atoms with van der Waals surface area (Å²) in [6.45, 7) is 4.46. The molecule has 1 rings (SSSR count). The molecule has 8 nitrogen and oxygen atoms in total. The molecule has 0 bridgehead atoms. The van der Waals surface area contributed by atoms with E-state index in [2.05, 4.69) is 0 Å². The molecule has 0 aliphatic carbocycles. The predicted molar refractivity (Wildman–Crippen MR) is 79.0 cm³/mol. The third kappa shape index (κ3) is 3.77. The number of carbonyl (C=O) groups excluding carboxylic acids is 3. The number of primary amides is 1. The van der Waals surface area contributed by atoms with Gasteiger partial charge in [0.25, 0.3) is 0 Å². The van der Waals surface area contributed by atoms with Gasteiger partial charge in [-0.15, -0.1) is 0 Å². The Morgan fingerprint density at radius 1 is 1.41 bits per heavy atom. The van der Waals surface area contributed by atoms with E-state index in [1.165, 1.54) is 6.92 Å². The molecule has 3 amide bonds. The fourth-order valence-corrected chi connectivity index (χ4v) is 3.39. The molecule has 124 valence electrons. The van der Waals surface area contributed by atoms with Gasteiger partial charge in [-0.1, -0.05) is 11.8 Å². The lowest BCUT2D eigenvalue weighted by molar-refractivity contribution is -0.795. The van der Waals surface area contributed by atoms with Crippen LogP contribution in [-0.4, -0.2) is 57.2 Å². The van der Waals surface area contributed by atoms with Crippen molar-refractivity contribution < 1.29 is 33.5 Å². The predicted octanol–water partition coefficient (Wildman–Crippen LogP) is 1.18. The molecule has 22 heavy (non-hydrogen) atoms. The first-order chi connectivity index (χ1) is 10.1. The maximum absolute atomic E-state index is 12.7. The summed E-state index contributed by atoms with van der Waals surface area (Å²) in [5.41, 5.74) is 4.96. The molecule has 1 aliphatic heterocycles. The summed E-state index contributed by atoms with van der Waals surface area (Å²) >= 11 is 0.982. The Bertz CT molecular complexity index is 497. The van der Waals surface area contributed by atoms with Crippen LogP contribution in [0.15, 0.2) is 0 Å². The molecule has 1 aliphatic rings. The van der Waals surface area contributed by atoms with Crippen LogP contribution < -0.4 is 5.73 Å². The van der Waals surface area contributed by atoms with Crippen molar-refractivity contribution in [1.29, 1.82) is 0 Å². The van der Waals surface area contributed by atoms with Gasteiger partial charge in [0.05, 0.1) is 5.92 Å². The number of carboxylic acid groups (broad SMARTS) is 1. The van der Waals surface area contributed by atoms with Crippen LogP contribution >= 0.6 is 11.8 Å². The zero-order valence-electron chi connectivity index (χ0n) is 12.8. The molecular formula is C13H21N2O6S+. The maximum atomic E-state index is 12.7. The Hall–Kier alpha value is -1.61. The van der Waals surface area contributed by atoms with E-state index in [4.69, 9.17) is 10.5 Å². The van der Waals surface area contributed by atoms with Crippen LogP contribution in [0.4, 0.5) is 9.59 Å². The van der Waals surface area contributed by atoms with Crippen LogP contribution in [0.2, 0.25) is 0 Å². The minimum atomic E-state index is -1.28. The molecule has 3 N–H and O–H groups in total. The van der Waals surface area contributed by atoms with Gasteiger partial charge in [0.2, 0.25) is 0 Å². The van der Waals surface area contributed by atoms with E-state index in [1.807, 2.05) is 0 Å². The van der Waals surface area contributed by atoms with E-state index < -0.39 is 40.6 Å². The summed E-state index contributed by atoms with van der Waals surface area (Å²) in [7, 11) is 0. The van der Waals surface area contributed by atoms with Crippen molar-refractivity contribution >= 4 is 35.0 Å². The number of nitrogens with zero attached hydrogens (tertiary/aromatic N) is 1. The highest BCUT2D eigenvalue weighted by atomic mass is 32.2. The second kappa shape index (κ2) is 7.10. The fourth-order valence-electron chi connectivity index (χ4n) is 2.76. The molecule has 1 fully saturated rings. The van der Waals surface area contributed by atoms with Crippen LogP contribution in [0.3, 0.4) is 0 Å². The molecule has 0 aromatic carbocycles. The highest BCUT2D eigenvalue weighted by Crippen LogP contribution is 2.32. The summed E-state index contributed by atoms with van der Waals surface area (Å²) in [6.07, 6.45) is -2.74. The summed E-state index contributed by atoms with van der Waals surface area (Å²) in [4.78, 5) is 46.3. The molecule has 0 radical (unpaired) electrons. The molecule has 0 aromatic rings. The standard InChI is InChI=1S/C13H20N2O6S/c1-7(6-22-9(3)16)11(17)15(13(19)20)5-10(4-8(15)2)21-12(14)18/h7-8,10H,4-6H2,1-3H3,(H2-,14,18,19,20)/p+1/t7?,8-,10+,15-/m1/s1. The normalized spacial score (nSPS) is 28.9. The van der Waals surface area contributed by atoms with Crippen molar-refractivity contribution in [3.05, 3.63) is 0 Å². The second-order valence-corrected chi connectivity index (χ2v) is 6.72. The number of thioether (sulfide) groups is 1. The van der Waals surface area contributed by atoms with Gasteiger partial charge in [-0.25, -0.2) is 9.59 Å². The number of imide groups is 1. The highest BCUT2D eigenvalue weighted by Gasteiger charge is 2.58. The number of rotatable bonds is 4. The summed E-state index contributed by atoms with van der Waals surface area (Å²) in [5.74, 6) is -0.890. The Morgan fingerprint density at radius 2 is 2.00 bits per heavy atom. The molecule has 1 heterocycles. The van der Waals surface area contributed by atoms with Gasteiger partial charge < -0.3 is 15.6 Å². The average Bonchev–Trinajstić information content (AvgIpc) is 2.71. The van der Waals surface area contributed by atoms with Crippen LogP contribution in [0.5, 0.6) is 0 Å². The first-order valence-electron chi connectivity index (χ1n) is 6.86. The van der Waals surface area contributed by atoms with Crippen molar-refractivity contribution in [2.45, 2.75) is 39.3 Å². The minimum Gasteiger partial charge on any atom is -0.440 e. The number of carbonyl (C=O) groups is 4. The van der Waals surface area contributed by atoms with Crippen LogP contribution in [0, 0.1) is 5.92 Å². The van der Waals surface area contributed by atoms with Crippen molar-refractivity contribution in [1.82, 2.24) is 0 Å². The van der Waals surface area contributed by atoms with Crippen LogP contribution in [0.1, 0.15) is 27.2 Å². The highest BCUT2D eigenvalue weighted by molar-refractivity contribution is 8.13. The zero-order chi connectivity index (χ0) is 17.1. The fraction of sp³-hybridized carbons (Fsp3) is 0.692. The second-order valence-electron chi connectivity index (χ2n) is 5.52. The zero-order valence-corrected chi connectivity index (χ0v) is 13.6. The Labute approximate surface area is 132 Å². The summed E-state index contributed by atoms with van der Waals surface area (Å²) in [5, 5.41) is 9.46. The molecule has 1 saturated heterocycles. The van der Waals surface area contributed by atoms with E-state index in [0.717, 1.165) is 11.8 Å². The third-order valence-corrected chi connectivity index (χ3v) is 4.90. The Balaban J connectivity index is 2.96. The number of hydrogen-bond acceptors (Lipinski definition) is 6. The SMILES string of the molecule is CC(=O)SCC(C)C(=O)[N@@+]1(C(=O)O)C[C@@H](OC(N)=O)C[C@H]1C. The molecular weight excluding hydrogens is 312 g/mol. The van der Waals surface area contributed by atoms with E-state index in [1.54, 1.807) is 13.8 Å². The van der Waals surface area contributed by atoms with Crippen molar-refractivity contribution in [3.8, 4) is 0 Å². The van der Waals surface area contributed by atoms with Crippen molar-refractivity contribution in [2.75, 3.05) is 12.3 Å². The maximum Gasteiger partial charge on any atom is 0.521 e. The van der Waals surface area contributed by atoms with Crippen molar-refractivity contribution in [3.63, 3.8) is 0 Å². The molecule has 1 unspecified atom stereocenters. The van der Waals surface area contributed by atoms with Gasteiger partial charge in [-0.3, -0.25) is 4.79 Å². The number of ether oxygens (including phenoxy) is 1. The first-order valence-corrected chi connectivity index (χ1v) is 7.85. The lowest BCUT2D eigenvalue weighted by Gasteiger charge is -2.31. The third-order valence-electron chi connectivity index (χ3n) is 3.82. The molecule has 0 spiro atoms. The number of hydrogen-bond donors (Lipinski definition) is 2. The number of amides is 3. The minimum absolute atomic E-state index is 0.133. The molecule has 0 saturated carbocycles. The average molecular weight is 333 g/mol. The Kier molecular flexibility index (Phi) is 5.95. The van der Waals surface area contributed by atoms with Gasteiger partial charge in [0.1, 0.15) is 12.6 Å². The van der Waals surface area contributed by atoms with E-state index in [-0.39, 0.29) is 23.8 Å². The van der Waals surface area contributed by atoms with E-state index >= 15 is 0 Å². The van der Waals surface area contributed by atoms with Gasteiger partial charge >= 0.3 is 18.1 Å². The van der Waals surface area contributed by atoms with Gasteiger partial charge in [0, 0.05) is 19.1 Å².